The summed E-state index contributed by atoms with van der Waals surface area (Å²) >= 11 is 0. The molecule has 0 spiro atoms. The molecule has 1 aliphatic rings. The van der Waals surface area contributed by atoms with Crippen LogP contribution in [0.4, 0.5) is 19.0 Å². The number of rotatable bonds is 4. The Hall–Kier alpha value is -3.67. The SMILES string of the molecule is Cc1nc2cccc(-c3cc4n(c3)[C@H](CCO)CNC4=O)c2nc1NC(C)(C)C.O=C(O)C(F)(F)F. The van der Waals surface area contributed by atoms with E-state index in [-0.39, 0.29) is 24.1 Å². The minimum atomic E-state index is -5.08. The number of alkyl halides is 3. The molecule has 1 aromatic carbocycles. The van der Waals surface area contributed by atoms with E-state index in [1.165, 1.54) is 0 Å². The summed E-state index contributed by atoms with van der Waals surface area (Å²) in [5.74, 6) is -2.09. The minimum Gasteiger partial charge on any atom is -0.475 e. The number of nitrogens with one attached hydrogen (secondary N) is 2. The highest BCUT2D eigenvalue weighted by atomic mass is 19.4. The second kappa shape index (κ2) is 10.1. The van der Waals surface area contributed by atoms with Crippen molar-refractivity contribution in [3.8, 4) is 11.1 Å². The first-order valence-corrected chi connectivity index (χ1v) is 11.2. The van der Waals surface area contributed by atoms with Crippen molar-refractivity contribution in [1.82, 2.24) is 19.9 Å². The molecule has 3 aromatic rings. The van der Waals surface area contributed by atoms with Gasteiger partial charge in [0.2, 0.25) is 0 Å². The van der Waals surface area contributed by atoms with Gasteiger partial charge in [-0.25, -0.2) is 14.8 Å². The third kappa shape index (κ3) is 6.11. The first-order chi connectivity index (χ1) is 16.7. The second-order valence-corrected chi connectivity index (χ2v) is 9.41. The molecule has 2 aromatic heterocycles. The standard InChI is InChI=1S/C22H27N5O2.C2HF3O2/c1-13-20(26-22(2,3)4)25-19-16(6-5-7-17(19)24-13)14-10-18-21(29)23-11-15(8-9-28)27(18)12-14;3-2(4,5)1(6)7/h5-7,10,12,15,28H,8-9,11H2,1-4H3,(H,23,29)(H,25,26);(H,6,7)/t15-;/m1./s1. The number of benzene rings is 1. The van der Waals surface area contributed by atoms with Crippen LogP contribution in [0.25, 0.3) is 22.2 Å². The number of carboxylic acids is 1. The number of halogens is 3. The topological polar surface area (TPSA) is 129 Å². The molecule has 3 heterocycles. The van der Waals surface area contributed by atoms with E-state index in [2.05, 4.69) is 31.4 Å². The van der Waals surface area contributed by atoms with Gasteiger partial charge in [0.05, 0.1) is 22.8 Å². The fraction of sp³-hybridized carbons (Fsp3) is 0.417. The maximum atomic E-state index is 12.4. The molecule has 9 nitrogen and oxygen atoms in total. The van der Waals surface area contributed by atoms with Crippen LogP contribution in [0.1, 0.15) is 49.4 Å². The molecule has 0 saturated heterocycles. The molecule has 4 N–H and O–H groups in total. The second-order valence-electron chi connectivity index (χ2n) is 9.41. The summed E-state index contributed by atoms with van der Waals surface area (Å²) in [5.41, 5.74) is 4.80. The number of aliphatic hydroxyl groups is 1. The third-order valence-corrected chi connectivity index (χ3v) is 5.35. The van der Waals surface area contributed by atoms with Gasteiger partial charge in [-0.05, 0) is 46.2 Å². The fourth-order valence-electron chi connectivity index (χ4n) is 3.77. The Morgan fingerprint density at radius 3 is 2.50 bits per heavy atom. The average Bonchev–Trinajstić information content (AvgIpc) is 3.21. The fourth-order valence-corrected chi connectivity index (χ4v) is 3.77. The lowest BCUT2D eigenvalue weighted by molar-refractivity contribution is -0.192. The normalized spacial score (nSPS) is 15.6. The van der Waals surface area contributed by atoms with E-state index in [4.69, 9.17) is 19.9 Å². The summed E-state index contributed by atoms with van der Waals surface area (Å²) in [4.78, 5) is 30.9. The van der Waals surface area contributed by atoms with E-state index in [9.17, 15) is 23.1 Å². The molecule has 0 saturated carbocycles. The van der Waals surface area contributed by atoms with Gasteiger partial charge in [0, 0.05) is 36.0 Å². The van der Waals surface area contributed by atoms with Crippen LogP contribution in [0, 0.1) is 6.92 Å². The Morgan fingerprint density at radius 2 is 1.92 bits per heavy atom. The third-order valence-electron chi connectivity index (χ3n) is 5.35. The number of aliphatic hydroxyl groups excluding tert-OH is 1. The molecule has 194 valence electrons. The molecule has 36 heavy (non-hydrogen) atoms. The Labute approximate surface area is 205 Å². The van der Waals surface area contributed by atoms with E-state index in [0.717, 1.165) is 33.7 Å². The number of anilines is 1. The van der Waals surface area contributed by atoms with Gasteiger partial charge in [0.1, 0.15) is 11.5 Å². The quantitative estimate of drug-likeness (QED) is 0.421. The number of aliphatic carboxylic acids is 1. The molecule has 0 bridgehead atoms. The lowest BCUT2D eigenvalue weighted by atomic mass is 10.1. The highest BCUT2D eigenvalue weighted by Crippen LogP contribution is 2.32. The number of amides is 1. The van der Waals surface area contributed by atoms with Crippen molar-refractivity contribution in [3.05, 3.63) is 41.9 Å². The van der Waals surface area contributed by atoms with E-state index in [1.54, 1.807) is 0 Å². The van der Waals surface area contributed by atoms with Crippen LogP contribution < -0.4 is 10.6 Å². The molecular weight excluding hydrogens is 479 g/mol. The van der Waals surface area contributed by atoms with E-state index < -0.39 is 12.1 Å². The zero-order chi connectivity index (χ0) is 26.8. The van der Waals surface area contributed by atoms with Crippen molar-refractivity contribution >= 4 is 28.7 Å². The maximum absolute atomic E-state index is 12.4. The van der Waals surface area contributed by atoms with E-state index >= 15 is 0 Å². The number of carboxylic acid groups (broad SMARTS) is 1. The Kier molecular flexibility index (Phi) is 7.58. The van der Waals surface area contributed by atoms with Gasteiger partial charge in [-0.3, -0.25) is 4.79 Å². The molecule has 0 unspecified atom stereocenters. The van der Waals surface area contributed by atoms with Crippen LogP contribution in [-0.4, -0.2) is 61.5 Å². The van der Waals surface area contributed by atoms with Crippen molar-refractivity contribution in [1.29, 1.82) is 0 Å². The van der Waals surface area contributed by atoms with Crippen molar-refractivity contribution in [2.75, 3.05) is 18.5 Å². The number of aryl methyl sites for hydroxylation is 1. The molecule has 0 fully saturated rings. The first-order valence-electron chi connectivity index (χ1n) is 11.2. The molecular formula is C24H28F3N5O4. The average molecular weight is 508 g/mol. The van der Waals surface area contributed by atoms with Gasteiger partial charge < -0.3 is 25.4 Å². The molecule has 0 radical (unpaired) electrons. The summed E-state index contributed by atoms with van der Waals surface area (Å²) in [5, 5.41) is 22.8. The van der Waals surface area contributed by atoms with Crippen LogP contribution >= 0.6 is 0 Å². The summed E-state index contributed by atoms with van der Waals surface area (Å²) in [6.45, 7) is 8.82. The lowest BCUT2D eigenvalue weighted by Crippen LogP contribution is -2.38. The molecule has 0 aliphatic carbocycles. The van der Waals surface area contributed by atoms with Gasteiger partial charge in [-0.1, -0.05) is 12.1 Å². The number of fused-ring (bicyclic) bond motifs is 2. The number of carbonyl (C=O) groups excluding carboxylic acids is 1. The number of para-hydroxylation sites is 1. The highest BCUT2D eigenvalue weighted by Gasteiger charge is 2.38. The number of nitrogens with zero attached hydrogens (tertiary/aromatic N) is 3. The first kappa shape index (κ1) is 26.9. The van der Waals surface area contributed by atoms with Crippen LogP contribution in [-0.2, 0) is 4.79 Å². The summed E-state index contributed by atoms with van der Waals surface area (Å²) < 4.78 is 33.7. The predicted molar refractivity (Wildman–Crippen MR) is 128 cm³/mol. The molecule has 12 heteroatoms. The number of aromatic nitrogens is 3. The number of hydrogen-bond donors (Lipinski definition) is 4. The summed E-state index contributed by atoms with van der Waals surface area (Å²) in [6.07, 6.45) is -2.50. The molecule has 4 rings (SSSR count). The zero-order valence-corrected chi connectivity index (χ0v) is 20.3. The number of carbonyl (C=O) groups is 2. The molecule has 1 aliphatic heterocycles. The van der Waals surface area contributed by atoms with Crippen LogP contribution in [0.15, 0.2) is 30.5 Å². The van der Waals surface area contributed by atoms with Crippen LogP contribution in [0.3, 0.4) is 0 Å². The van der Waals surface area contributed by atoms with E-state index in [0.29, 0.717) is 18.7 Å². The van der Waals surface area contributed by atoms with Crippen molar-refractivity contribution in [2.45, 2.75) is 51.9 Å². The van der Waals surface area contributed by atoms with Crippen molar-refractivity contribution in [2.24, 2.45) is 0 Å². The Balaban J connectivity index is 0.000000454. The zero-order valence-electron chi connectivity index (χ0n) is 20.3. The van der Waals surface area contributed by atoms with Crippen LogP contribution in [0.2, 0.25) is 0 Å². The van der Waals surface area contributed by atoms with Gasteiger partial charge in [-0.15, -0.1) is 0 Å². The van der Waals surface area contributed by atoms with Gasteiger partial charge in [-0.2, -0.15) is 13.2 Å². The van der Waals surface area contributed by atoms with Crippen molar-refractivity contribution < 1.29 is 33.0 Å². The van der Waals surface area contributed by atoms with Crippen LogP contribution in [0.5, 0.6) is 0 Å². The van der Waals surface area contributed by atoms with Crippen molar-refractivity contribution in [3.63, 3.8) is 0 Å². The summed E-state index contributed by atoms with van der Waals surface area (Å²) in [7, 11) is 0. The smallest absolute Gasteiger partial charge is 0.475 e. The lowest BCUT2D eigenvalue weighted by Gasteiger charge is -2.25. The largest absolute Gasteiger partial charge is 0.490 e. The monoisotopic (exact) mass is 507 g/mol. The predicted octanol–water partition coefficient (Wildman–Crippen LogP) is 3.92. The van der Waals surface area contributed by atoms with Gasteiger partial charge >= 0.3 is 12.1 Å². The minimum absolute atomic E-state index is 0.0443. The maximum Gasteiger partial charge on any atom is 0.490 e. The highest BCUT2D eigenvalue weighted by molar-refractivity contribution is 5.98. The van der Waals surface area contributed by atoms with Gasteiger partial charge in [0.15, 0.2) is 0 Å². The van der Waals surface area contributed by atoms with E-state index in [1.807, 2.05) is 42.0 Å². The molecule has 1 atom stereocenters. The number of hydrogen-bond acceptors (Lipinski definition) is 6. The van der Waals surface area contributed by atoms with Gasteiger partial charge in [0.25, 0.3) is 5.91 Å². The Bertz CT molecular complexity index is 1280. The Morgan fingerprint density at radius 1 is 1.25 bits per heavy atom. The summed E-state index contributed by atoms with van der Waals surface area (Å²) in [6, 6.07) is 7.86. The molecule has 1 amide bonds.